The molecule has 0 fully saturated rings. The number of halogens is 3. The van der Waals surface area contributed by atoms with E-state index in [9.17, 15) is 10.1 Å². The number of hydrogen-bond acceptors (Lipinski definition) is 4. The van der Waals surface area contributed by atoms with E-state index in [1.54, 1.807) is 48.7 Å². The van der Waals surface area contributed by atoms with Gasteiger partial charge in [0.1, 0.15) is 11.6 Å². The summed E-state index contributed by atoms with van der Waals surface area (Å²) in [6.45, 7) is 0. The monoisotopic (exact) mass is 447 g/mol. The summed E-state index contributed by atoms with van der Waals surface area (Å²) >= 11 is 19.6. The maximum Gasteiger partial charge on any atom is 0.268 e. The maximum atomic E-state index is 12.4. The number of hydrogen-bond donors (Lipinski definition) is 1. The van der Waals surface area contributed by atoms with Gasteiger partial charge in [-0.3, -0.25) is 10.1 Å². The molecule has 8 heteroatoms. The Morgan fingerprint density at radius 2 is 1.96 bits per heavy atom. The minimum atomic E-state index is -0.552. The summed E-state index contributed by atoms with van der Waals surface area (Å²) < 4.78 is 0. The lowest BCUT2D eigenvalue weighted by molar-refractivity contribution is -0.112. The number of amides is 1. The van der Waals surface area contributed by atoms with Crippen molar-refractivity contribution in [2.24, 2.45) is 0 Å². The van der Waals surface area contributed by atoms with Crippen LogP contribution in [0.25, 0.3) is 6.08 Å². The van der Waals surface area contributed by atoms with Gasteiger partial charge in [-0.2, -0.15) is 5.26 Å². The molecule has 0 aliphatic heterocycles. The average molecular weight is 449 g/mol. The average Bonchev–Trinajstić information content (AvgIpc) is 3.10. The zero-order valence-electron chi connectivity index (χ0n) is 14.2. The lowest BCUT2D eigenvalue weighted by Crippen LogP contribution is -2.13. The first-order valence-electron chi connectivity index (χ1n) is 8.02. The predicted molar refractivity (Wildman–Crippen MR) is 115 cm³/mol. The third-order valence-corrected chi connectivity index (χ3v) is 5.58. The Labute approximate surface area is 181 Å². The molecule has 0 bridgehead atoms. The molecule has 0 atom stereocenters. The number of nitrogens with one attached hydrogen (secondary N) is 1. The van der Waals surface area contributed by atoms with E-state index in [0.29, 0.717) is 32.2 Å². The smallest absolute Gasteiger partial charge is 0.268 e. The SMILES string of the molecule is N#C/C(=C/c1ccccc1Cl)C(=O)Nc1ncc(Cc2cc(Cl)ccc2Cl)s1. The van der Waals surface area contributed by atoms with Crippen LogP contribution in [0.2, 0.25) is 15.1 Å². The van der Waals surface area contributed by atoms with E-state index in [-0.39, 0.29) is 5.57 Å². The third kappa shape index (κ3) is 5.12. The van der Waals surface area contributed by atoms with Crippen LogP contribution in [0.15, 0.2) is 54.2 Å². The molecule has 0 unspecified atom stereocenters. The van der Waals surface area contributed by atoms with Crippen LogP contribution >= 0.6 is 46.1 Å². The van der Waals surface area contributed by atoms with Crippen molar-refractivity contribution < 1.29 is 4.79 Å². The summed E-state index contributed by atoms with van der Waals surface area (Å²) in [6.07, 6.45) is 3.63. The molecule has 0 spiro atoms. The van der Waals surface area contributed by atoms with Crippen LogP contribution in [-0.2, 0) is 11.2 Å². The Hall–Kier alpha value is -2.36. The molecule has 4 nitrogen and oxygen atoms in total. The molecule has 0 radical (unpaired) electrons. The molecular weight excluding hydrogens is 437 g/mol. The molecule has 1 amide bonds. The van der Waals surface area contributed by atoms with Gasteiger partial charge in [0.15, 0.2) is 5.13 Å². The maximum absolute atomic E-state index is 12.4. The van der Waals surface area contributed by atoms with Crippen molar-refractivity contribution in [2.75, 3.05) is 5.32 Å². The molecule has 0 aliphatic carbocycles. The Balaban J connectivity index is 1.73. The fraction of sp³-hybridized carbons (Fsp3) is 0.0500. The van der Waals surface area contributed by atoms with Gasteiger partial charge in [-0.15, -0.1) is 11.3 Å². The second-order valence-corrected chi connectivity index (χ2v) is 8.06. The Morgan fingerprint density at radius 1 is 1.18 bits per heavy atom. The highest BCUT2D eigenvalue weighted by molar-refractivity contribution is 7.15. The summed E-state index contributed by atoms with van der Waals surface area (Å²) in [5.74, 6) is -0.552. The highest BCUT2D eigenvalue weighted by atomic mass is 35.5. The Bertz CT molecular complexity index is 1100. The highest BCUT2D eigenvalue weighted by Gasteiger charge is 2.13. The van der Waals surface area contributed by atoms with Crippen molar-refractivity contribution in [3.8, 4) is 6.07 Å². The van der Waals surface area contributed by atoms with Gasteiger partial charge in [0.2, 0.25) is 0 Å². The standard InChI is InChI=1S/C20H12Cl3N3OS/c21-15-5-6-18(23)13(8-15)9-16-11-25-20(28-16)26-19(27)14(10-24)7-12-3-1-2-4-17(12)22/h1-8,11H,9H2,(H,25,26,27)/b14-7-. The van der Waals surface area contributed by atoms with E-state index in [2.05, 4.69) is 10.3 Å². The molecule has 0 aliphatic rings. The van der Waals surface area contributed by atoms with Gasteiger partial charge in [0, 0.05) is 32.6 Å². The Morgan fingerprint density at radius 3 is 2.71 bits per heavy atom. The number of anilines is 1. The van der Waals surface area contributed by atoms with Gasteiger partial charge >= 0.3 is 0 Å². The lowest BCUT2D eigenvalue weighted by atomic mass is 10.1. The first kappa shape index (κ1) is 20.4. The zero-order valence-corrected chi connectivity index (χ0v) is 17.3. The van der Waals surface area contributed by atoms with Gasteiger partial charge < -0.3 is 0 Å². The van der Waals surface area contributed by atoms with Crippen LogP contribution in [0.5, 0.6) is 0 Å². The number of aromatic nitrogens is 1. The Kier molecular flexibility index (Phi) is 6.71. The van der Waals surface area contributed by atoms with Gasteiger partial charge in [0.05, 0.1) is 0 Å². The summed E-state index contributed by atoms with van der Waals surface area (Å²) in [4.78, 5) is 17.5. The number of nitrogens with zero attached hydrogens (tertiary/aromatic N) is 2. The first-order valence-corrected chi connectivity index (χ1v) is 9.97. The molecule has 0 saturated heterocycles. The van der Waals surface area contributed by atoms with Crippen LogP contribution in [0.4, 0.5) is 5.13 Å². The molecule has 3 aromatic rings. The fourth-order valence-corrected chi connectivity index (χ4v) is 3.77. The second-order valence-electron chi connectivity index (χ2n) is 5.69. The zero-order chi connectivity index (χ0) is 20.1. The normalized spacial score (nSPS) is 11.1. The molecule has 1 heterocycles. The molecule has 1 aromatic heterocycles. The van der Waals surface area contributed by atoms with Crippen LogP contribution < -0.4 is 5.32 Å². The second kappa shape index (κ2) is 9.22. The van der Waals surface area contributed by atoms with E-state index in [4.69, 9.17) is 34.8 Å². The topological polar surface area (TPSA) is 65.8 Å². The van der Waals surface area contributed by atoms with Crippen LogP contribution in [0, 0.1) is 11.3 Å². The number of thiazole rings is 1. The number of carbonyl (C=O) groups excluding carboxylic acids is 1. The van der Waals surface area contributed by atoms with Crippen molar-refractivity contribution in [1.82, 2.24) is 4.98 Å². The van der Waals surface area contributed by atoms with E-state index >= 15 is 0 Å². The van der Waals surface area contributed by atoms with Crippen molar-refractivity contribution in [3.63, 3.8) is 0 Å². The minimum Gasteiger partial charge on any atom is -0.297 e. The minimum absolute atomic E-state index is 0.0669. The van der Waals surface area contributed by atoms with E-state index in [0.717, 1.165) is 10.4 Å². The molecule has 2 aromatic carbocycles. The van der Waals surface area contributed by atoms with Gasteiger partial charge in [-0.1, -0.05) is 53.0 Å². The molecule has 1 N–H and O–H groups in total. The van der Waals surface area contributed by atoms with Crippen molar-refractivity contribution in [1.29, 1.82) is 5.26 Å². The molecule has 3 rings (SSSR count). The summed E-state index contributed by atoms with van der Waals surface area (Å²) in [6, 6.07) is 14.1. The quantitative estimate of drug-likeness (QED) is 0.371. The highest BCUT2D eigenvalue weighted by Crippen LogP contribution is 2.27. The number of benzene rings is 2. The van der Waals surface area contributed by atoms with Crippen molar-refractivity contribution in [2.45, 2.75) is 6.42 Å². The van der Waals surface area contributed by atoms with Gasteiger partial charge in [-0.25, -0.2) is 4.98 Å². The van der Waals surface area contributed by atoms with Crippen LogP contribution in [0.1, 0.15) is 16.0 Å². The summed E-state index contributed by atoms with van der Waals surface area (Å²) in [5.41, 5.74) is 1.39. The summed E-state index contributed by atoms with van der Waals surface area (Å²) in [5, 5.41) is 14.0. The molecule has 0 saturated carbocycles. The predicted octanol–water partition coefficient (Wildman–Crippen LogP) is 6.24. The van der Waals surface area contributed by atoms with E-state index in [1.165, 1.54) is 17.4 Å². The van der Waals surface area contributed by atoms with Crippen LogP contribution in [0.3, 0.4) is 0 Å². The van der Waals surface area contributed by atoms with Crippen molar-refractivity contribution >= 4 is 63.3 Å². The van der Waals surface area contributed by atoms with Crippen molar-refractivity contribution in [3.05, 3.63) is 85.3 Å². The molecule has 140 valence electrons. The van der Waals surface area contributed by atoms with E-state index < -0.39 is 5.91 Å². The third-order valence-electron chi connectivity index (χ3n) is 3.72. The largest absolute Gasteiger partial charge is 0.297 e. The molecular formula is C20H12Cl3N3OS. The molecule has 28 heavy (non-hydrogen) atoms. The number of rotatable bonds is 5. The fourth-order valence-electron chi connectivity index (χ4n) is 2.37. The van der Waals surface area contributed by atoms with E-state index in [1.807, 2.05) is 6.07 Å². The number of nitriles is 1. The van der Waals surface area contributed by atoms with Crippen LogP contribution in [-0.4, -0.2) is 10.9 Å². The number of carbonyl (C=O) groups is 1. The first-order chi connectivity index (χ1) is 13.5. The lowest BCUT2D eigenvalue weighted by Gasteiger charge is -2.03. The van der Waals surface area contributed by atoms with Gasteiger partial charge in [-0.05, 0) is 41.5 Å². The summed E-state index contributed by atoms with van der Waals surface area (Å²) in [7, 11) is 0. The van der Waals surface area contributed by atoms with Gasteiger partial charge in [0.25, 0.3) is 5.91 Å².